The number of rotatable bonds is 3. The van der Waals surface area contributed by atoms with Crippen molar-refractivity contribution < 1.29 is 9.84 Å². The molecule has 7 heteroatoms. The maximum absolute atomic E-state index is 11.0. The molecular formula is C23H27Cl2N3O2. The first-order valence-electron chi connectivity index (χ1n) is 10.7. The van der Waals surface area contributed by atoms with Crippen molar-refractivity contribution in [2.24, 2.45) is 5.41 Å². The van der Waals surface area contributed by atoms with Gasteiger partial charge in [0, 0.05) is 18.7 Å². The average molecular weight is 448 g/mol. The Kier molecular flexibility index (Phi) is 5.01. The molecular weight excluding hydrogens is 421 g/mol. The molecule has 1 aromatic heterocycles. The van der Waals surface area contributed by atoms with Gasteiger partial charge in [0.2, 0.25) is 0 Å². The lowest BCUT2D eigenvalue weighted by Crippen LogP contribution is -2.42. The van der Waals surface area contributed by atoms with Gasteiger partial charge < -0.3 is 14.7 Å². The van der Waals surface area contributed by atoms with Crippen molar-refractivity contribution >= 4 is 29.0 Å². The first-order chi connectivity index (χ1) is 14.3. The minimum absolute atomic E-state index is 0.295. The summed E-state index contributed by atoms with van der Waals surface area (Å²) in [6.07, 6.45) is 5.07. The van der Waals surface area contributed by atoms with Crippen LogP contribution < -0.4 is 4.90 Å². The van der Waals surface area contributed by atoms with Gasteiger partial charge in [-0.15, -0.1) is 0 Å². The van der Waals surface area contributed by atoms with E-state index in [1.54, 1.807) is 6.07 Å². The largest absolute Gasteiger partial charge is 0.383 e. The molecule has 5 rings (SSSR count). The van der Waals surface area contributed by atoms with Crippen LogP contribution in [0.3, 0.4) is 0 Å². The lowest BCUT2D eigenvalue weighted by atomic mass is 9.77. The first kappa shape index (κ1) is 20.5. The van der Waals surface area contributed by atoms with Crippen LogP contribution in [0.1, 0.15) is 50.4 Å². The third-order valence-corrected chi connectivity index (χ3v) is 7.76. The zero-order chi connectivity index (χ0) is 21.1. The Balaban J connectivity index is 1.50. The number of nitrogens with zero attached hydrogens (tertiary/aromatic N) is 3. The van der Waals surface area contributed by atoms with E-state index in [0.29, 0.717) is 45.8 Å². The molecule has 0 unspecified atom stereocenters. The van der Waals surface area contributed by atoms with Gasteiger partial charge in [0.15, 0.2) is 5.82 Å². The van der Waals surface area contributed by atoms with E-state index in [4.69, 9.17) is 37.9 Å². The van der Waals surface area contributed by atoms with Crippen LogP contribution in [-0.4, -0.2) is 40.9 Å². The van der Waals surface area contributed by atoms with Crippen LogP contribution in [0.25, 0.3) is 11.3 Å². The van der Waals surface area contributed by atoms with Gasteiger partial charge in [-0.2, -0.15) is 0 Å². The molecule has 3 heterocycles. The summed E-state index contributed by atoms with van der Waals surface area (Å²) in [5.41, 5.74) is 2.31. The van der Waals surface area contributed by atoms with Crippen molar-refractivity contribution in [2.75, 3.05) is 24.6 Å². The molecule has 3 aliphatic rings. The Morgan fingerprint density at radius 1 is 1.13 bits per heavy atom. The van der Waals surface area contributed by atoms with Crippen molar-refractivity contribution in [1.29, 1.82) is 0 Å². The number of halogens is 2. The van der Waals surface area contributed by atoms with Gasteiger partial charge in [-0.3, -0.25) is 0 Å². The Morgan fingerprint density at radius 3 is 2.50 bits per heavy atom. The van der Waals surface area contributed by atoms with Crippen LogP contribution in [0.5, 0.6) is 0 Å². The molecule has 1 atom stereocenters. The fourth-order valence-electron chi connectivity index (χ4n) is 4.93. The van der Waals surface area contributed by atoms with Crippen LogP contribution in [0.15, 0.2) is 18.2 Å². The molecule has 0 bridgehead atoms. The normalized spacial score (nSPS) is 24.4. The molecule has 0 amide bonds. The molecule has 3 fully saturated rings. The van der Waals surface area contributed by atoms with E-state index in [0.717, 1.165) is 56.0 Å². The molecule has 1 N–H and O–H groups in total. The molecule has 2 saturated heterocycles. The minimum Gasteiger partial charge on any atom is -0.383 e. The fourth-order valence-corrected chi connectivity index (χ4v) is 5.32. The molecule has 1 aromatic carbocycles. The zero-order valence-corrected chi connectivity index (χ0v) is 18.9. The molecule has 160 valence electrons. The summed E-state index contributed by atoms with van der Waals surface area (Å²) in [6, 6.07) is 5.52. The zero-order valence-electron chi connectivity index (χ0n) is 17.4. The number of ether oxygens (including phenoxy) is 1. The Labute approximate surface area is 187 Å². The van der Waals surface area contributed by atoms with Gasteiger partial charge in [0.25, 0.3) is 0 Å². The van der Waals surface area contributed by atoms with E-state index in [1.165, 1.54) is 0 Å². The van der Waals surface area contributed by atoms with Crippen molar-refractivity contribution in [3.05, 3.63) is 39.6 Å². The summed E-state index contributed by atoms with van der Waals surface area (Å²) in [6.45, 7) is 6.78. The number of hydrogen-bond acceptors (Lipinski definition) is 5. The van der Waals surface area contributed by atoms with E-state index >= 15 is 0 Å². The van der Waals surface area contributed by atoms with Crippen LogP contribution in [0.4, 0.5) is 5.82 Å². The summed E-state index contributed by atoms with van der Waals surface area (Å²) < 4.78 is 5.87. The average Bonchev–Trinajstić information content (AvgIpc) is 3.37. The lowest BCUT2D eigenvalue weighted by molar-refractivity contribution is 0.0974. The lowest BCUT2D eigenvalue weighted by Gasteiger charge is -2.40. The number of piperidine rings is 1. The van der Waals surface area contributed by atoms with Crippen molar-refractivity contribution in [1.82, 2.24) is 9.97 Å². The summed E-state index contributed by atoms with van der Waals surface area (Å²) >= 11 is 12.7. The van der Waals surface area contributed by atoms with Crippen LogP contribution in [0.2, 0.25) is 10.0 Å². The van der Waals surface area contributed by atoms with Crippen LogP contribution in [0, 0.1) is 12.3 Å². The standard InChI is InChI=1S/C23H27Cl2N3O2/c1-14-12-22(13-30-14)8-10-28(11-9-22)21-20(23(29)6-7-23)27-19(15(2)26-21)16-4-3-5-17(24)18(16)25/h3-5,14,29H,6-13H2,1-2H3/t14-/m0/s1. The van der Waals surface area contributed by atoms with E-state index < -0.39 is 5.60 Å². The quantitative estimate of drug-likeness (QED) is 0.705. The summed E-state index contributed by atoms with van der Waals surface area (Å²) in [5, 5.41) is 12.0. The van der Waals surface area contributed by atoms with Gasteiger partial charge in [0.1, 0.15) is 11.3 Å². The number of aromatic nitrogens is 2. The summed E-state index contributed by atoms with van der Waals surface area (Å²) in [5.74, 6) is 0.816. The minimum atomic E-state index is -0.893. The predicted molar refractivity (Wildman–Crippen MR) is 119 cm³/mol. The topological polar surface area (TPSA) is 58.5 Å². The van der Waals surface area contributed by atoms with Crippen molar-refractivity contribution in [3.8, 4) is 11.3 Å². The highest BCUT2D eigenvalue weighted by Gasteiger charge is 2.48. The maximum atomic E-state index is 11.0. The second-order valence-electron chi connectivity index (χ2n) is 9.28. The van der Waals surface area contributed by atoms with Crippen LogP contribution in [-0.2, 0) is 10.3 Å². The number of hydrogen-bond donors (Lipinski definition) is 1. The maximum Gasteiger partial charge on any atom is 0.153 e. The van der Waals surface area contributed by atoms with Gasteiger partial charge in [0.05, 0.1) is 34.1 Å². The Morgan fingerprint density at radius 2 is 1.87 bits per heavy atom. The fraction of sp³-hybridized carbons (Fsp3) is 0.565. The Bertz CT molecular complexity index is 985. The molecule has 5 nitrogen and oxygen atoms in total. The predicted octanol–water partition coefficient (Wildman–Crippen LogP) is 5.14. The molecule has 2 aromatic rings. The third kappa shape index (κ3) is 3.50. The highest BCUT2D eigenvalue weighted by Crippen LogP contribution is 2.50. The summed E-state index contributed by atoms with van der Waals surface area (Å²) in [7, 11) is 0. The Hall–Kier alpha value is -1.40. The molecule has 1 saturated carbocycles. The van der Waals surface area contributed by atoms with Gasteiger partial charge in [-0.05, 0) is 57.4 Å². The molecule has 1 spiro atoms. The smallest absolute Gasteiger partial charge is 0.153 e. The number of anilines is 1. The van der Waals surface area contributed by atoms with Crippen molar-refractivity contribution in [3.63, 3.8) is 0 Å². The van der Waals surface area contributed by atoms with E-state index in [1.807, 2.05) is 19.1 Å². The molecule has 2 aliphatic heterocycles. The van der Waals surface area contributed by atoms with Gasteiger partial charge >= 0.3 is 0 Å². The van der Waals surface area contributed by atoms with E-state index in [9.17, 15) is 5.11 Å². The van der Waals surface area contributed by atoms with E-state index in [-0.39, 0.29) is 0 Å². The van der Waals surface area contributed by atoms with Crippen LogP contribution >= 0.6 is 23.2 Å². The summed E-state index contributed by atoms with van der Waals surface area (Å²) in [4.78, 5) is 12.2. The number of aliphatic hydroxyl groups is 1. The second-order valence-corrected chi connectivity index (χ2v) is 10.1. The van der Waals surface area contributed by atoms with Gasteiger partial charge in [-0.25, -0.2) is 9.97 Å². The molecule has 1 aliphatic carbocycles. The second kappa shape index (κ2) is 7.33. The molecule has 30 heavy (non-hydrogen) atoms. The SMILES string of the molecule is Cc1nc(N2CCC3(CC2)CO[C@@H](C)C3)c(C2(O)CC2)nc1-c1cccc(Cl)c1Cl. The monoisotopic (exact) mass is 447 g/mol. The van der Waals surface area contributed by atoms with Gasteiger partial charge in [-0.1, -0.05) is 35.3 Å². The number of aryl methyl sites for hydroxylation is 1. The van der Waals surface area contributed by atoms with Crippen molar-refractivity contribution in [2.45, 2.75) is 57.7 Å². The third-order valence-electron chi connectivity index (χ3n) is 6.94. The first-order valence-corrected chi connectivity index (χ1v) is 11.5. The highest BCUT2D eigenvalue weighted by molar-refractivity contribution is 6.43. The molecule has 0 radical (unpaired) electrons. The number of benzene rings is 1. The van der Waals surface area contributed by atoms with E-state index in [2.05, 4.69) is 11.8 Å². The highest BCUT2D eigenvalue weighted by atomic mass is 35.5.